The summed E-state index contributed by atoms with van der Waals surface area (Å²) in [6.45, 7) is 0.669. The van der Waals surface area contributed by atoms with Crippen molar-refractivity contribution < 1.29 is 14.4 Å². The number of fused-ring (bicyclic) bond motifs is 1. The number of imide groups is 1. The number of benzene rings is 2. The minimum Gasteiger partial charge on any atom is -0.332 e. The first-order valence-electron chi connectivity index (χ1n) is 9.99. The number of nitrogens with zero attached hydrogens (tertiary/aromatic N) is 2. The molecule has 148 valence electrons. The molecule has 0 N–H and O–H groups in total. The maximum absolute atomic E-state index is 13.2. The smallest absolute Gasteiger partial charge is 0.243 e. The molecule has 4 rings (SSSR count). The van der Waals surface area contributed by atoms with E-state index in [1.54, 1.807) is 4.90 Å². The fraction of sp³-hybridized carbons (Fsp3) is 0.292. The molecule has 2 aliphatic rings. The molecule has 0 saturated carbocycles. The van der Waals surface area contributed by atoms with Gasteiger partial charge in [0.25, 0.3) is 0 Å². The van der Waals surface area contributed by atoms with E-state index in [0.717, 1.165) is 11.1 Å². The highest BCUT2D eigenvalue weighted by Crippen LogP contribution is 2.35. The Morgan fingerprint density at radius 2 is 1.24 bits per heavy atom. The maximum Gasteiger partial charge on any atom is 0.243 e. The molecule has 0 bridgehead atoms. The second-order valence-electron chi connectivity index (χ2n) is 7.64. The van der Waals surface area contributed by atoms with Crippen molar-refractivity contribution in [3.63, 3.8) is 0 Å². The van der Waals surface area contributed by atoms with Crippen LogP contribution in [-0.4, -0.2) is 34.1 Å². The van der Waals surface area contributed by atoms with Crippen LogP contribution in [0.5, 0.6) is 0 Å². The van der Waals surface area contributed by atoms with Crippen LogP contribution in [0.4, 0.5) is 0 Å². The van der Waals surface area contributed by atoms with E-state index in [-0.39, 0.29) is 36.1 Å². The Morgan fingerprint density at radius 3 is 1.69 bits per heavy atom. The number of amides is 3. The Kier molecular flexibility index (Phi) is 5.56. The van der Waals surface area contributed by atoms with Gasteiger partial charge in [-0.05, 0) is 24.0 Å². The molecule has 1 aliphatic carbocycles. The Morgan fingerprint density at radius 1 is 0.793 bits per heavy atom. The van der Waals surface area contributed by atoms with Crippen molar-refractivity contribution >= 4 is 17.7 Å². The SMILES string of the molecule is O=C(CN1C(=O)[C@H]2CC=CC[C@@H]2C1=O)N(Cc1ccccc1)Cc1ccccc1. The first-order valence-corrected chi connectivity index (χ1v) is 9.99. The molecule has 2 atom stereocenters. The van der Waals surface area contributed by atoms with Crippen molar-refractivity contribution in [2.75, 3.05) is 6.54 Å². The van der Waals surface area contributed by atoms with Gasteiger partial charge in [0.1, 0.15) is 6.54 Å². The van der Waals surface area contributed by atoms with E-state index in [1.165, 1.54) is 4.90 Å². The Balaban J connectivity index is 1.51. The lowest BCUT2D eigenvalue weighted by Gasteiger charge is -2.25. The second-order valence-corrected chi connectivity index (χ2v) is 7.64. The Labute approximate surface area is 170 Å². The van der Waals surface area contributed by atoms with Crippen LogP contribution in [0.25, 0.3) is 0 Å². The van der Waals surface area contributed by atoms with Crippen LogP contribution in [0, 0.1) is 11.8 Å². The van der Waals surface area contributed by atoms with E-state index in [9.17, 15) is 14.4 Å². The third-order valence-corrected chi connectivity index (χ3v) is 5.68. The van der Waals surface area contributed by atoms with Gasteiger partial charge in [-0.2, -0.15) is 0 Å². The van der Waals surface area contributed by atoms with Crippen molar-refractivity contribution in [2.45, 2.75) is 25.9 Å². The van der Waals surface area contributed by atoms with Crippen LogP contribution < -0.4 is 0 Å². The zero-order valence-corrected chi connectivity index (χ0v) is 16.2. The van der Waals surface area contributed by atoms with Gasteiger partial charge in [-0.1, -0.05) is 72.8 Å². The number of carbonyl (C=O) groups is 3. The zero-order valence-electron chi connectivity index (χ0n) is 16.2. The van der Waals surface area contributed by atoms with Gasteiger partial charge < -0.3 is 4.90 Å². The average Bonchev–Trinajstić information content (AvgIpc) is 3.00. The molecule has 0 unspecified atom stereocenters. The standard InChI is InChI=1S/C24H24N2O3/c27-22(17-26-23(28)20-13-7-8-14-21(20)24(26)29)25(15-18-9-3-1-4-10-18)16-19-11-5-2-6-12-19/h1-12,20-21H,13-17H2/t20-,21-/m0/s1. The van der Waals surface area contributed by atoms with Gasteiger partial charge in [-0.25, -0.2) is 0 Å². The molecule has 1 aliphatic heterocycles. The first kappa shape index (κ1) is 19.1. The molecule has 3 amide bonds. The lowest BCUT2D eigenvalue weighted by molar-refractivity contribution is -0.147. The molecule has 5 nitrogen and oxygen atoms in total. The van der Waals surface area contributed by atoms with Crippen molar-refractivity contribution in [1.82, 2.24) is 9.80 Å². The summed E-state index contributed by atoms with van der Waals surface area (Å²) in [5.41, 5.74) is 2.02. The average molecular weight is 388 g/mol. The fourth-order valence-corrected chi connectivity index (χ4v) is 4.10. The van der Waals surface area contributed by atoms with E-state index >= 15 is 0 Å². The molecule has 0 radical (unpaired) electrons. The lowest BCUT2D eigenvalue weighted by atomic mass is 9.85. The predicted molar refractivity (Wildman–Crippen MR) is 109 cm³/mol. The number of hydrogen-bond donors (Lipinski definition) is 0. The van der Waals surface area contributed by atoms with Crippen molar-refractivity contribution in [1.29, 1.82) is 0 Å². The fourth-order valence-electron chi connectivity index (χ4n) is 4.10. The molecule has 1 fully saturated rings. The van der Waals surface area contributed by atoms with Crippen molar-refractivity contribution in [3.05, 3.63) is 83.9 Å². The summed E-state index contributed by atoms with van der Waals surface area (Å²) in [7, 11) is 0. The zero-order chi connectivity index (χ0) is 20.2. The van der Waals surface area contributed by atoms with Crippen LogP contribution in [-0.2, 0) is 27.5 Å². The van der Waals surface area contributed by atoms with E-state index in [0.29, 0.717) is 25.9 Å². The minimum atomic E-state index is -0.308. The summed E-state index contributed by atoms with van der Waals surface area (Å²) in [4.78, 5) is 41.5. The molecule has 5 heteroatoms. The molecule has 1 heterocycles. The summed E-state index contributed by atoms with van der Waals surface area (Å²) >= 11 is 0. The van der Waals surface area contributed by atoms with Gasteiger partial charge in [-0.3, -0.25) is 19.3 Å². The van der Waals surface area contributed by atoms with E-state index < -0.39 is 0 Å². The van der Waals surface area contributed by atoms with Gasteiger partial charge in [0.05, 0.1) is 11.8 Å². The van der Waals surface area contributed by atoms with Gasteiger partial charge in [0.2, 0.25) is 17.7 Å². The van der Waals surface area contributed by atoms with Crippen molar-refractivity contribution in [3.8, 4) is 0 Å². The topological polar surface area (TPSA) is 57.7 Å². The minimum absolute atomic E-state index is 0.190. The van der Waals surface area contributed by atoms with E-state index in [1.807, 2.05) is 72.8 Å². The number of rotatable bonds is 6. The van der Waals surface area contributed by atoms with E-state index in [2.05, 4.69) is 0 Å². The number of carbonyl (C=O) groups excluding carboxylic acids is 3. The molecule has 0 spiro atoms. The van der Waals surface area contributed by atoms with Crippen molar-refractivity contribution in [2.24, 2.45) is 11.8 Å². The Bertz CT molecular complexity index is 856. The van der Waals surface area contributed by atoms with Crippen LogP contribution in [0.1, 0.15) is 24.0 Å². The number of hydrogen-bond acceptors (Lipinski definition) is 3. The molecule has 1 saturated heterocycles. The molecule has 0 aromatic heterocycles. The van der Waals surface area contributed by atoms with Gasteiger partial charge in [-0.15, -0.1) is 0 Å². The highest BCUT2D eigenvalue weighted by Gasteiger charge is 2.47. The summed E-state index contributed by atoms with van der Waals surface area (Å²) in [6.07, 6.45) is 5.07. The molecule has 2 aromatic rings. The summed E-state index contributed by atoms with van der Waals surface area (Å²) in [5, 5.41) is 0. The molecular weight excluding hydrogens is 364 g/mol. The number of allylic oxidation sites excluding steroid dienone is 2. The van der Waals surface area contributed by atoms with E-state index in [4.69, 9.17) is 0 Å². The quantitative estimate of drug-likeness (QED) is 0.564. The molecular formula is C24H24N2O3. The van der Waals surface area contributed by atoms with Crippen LogP contribution in [0.15, 0.2) is 72.8 Å². The van der Waals surface area contributed by atoms with Gasteiger partial charge in [0.15, 0.2) is 0 Å². The number of likely N-dealkylation sites (tertiary alicyclic amines) is 1. The lowest BCUT2D eigenvalue weighted by Crippen LogP contribution is -2.42. The van der Waals surface area contributed by atoms with Gasteiger partial charge in [0, 0.05) is 13.1 Å². The van der Waals surface area contributed by atoms with Crippen LogP contribution in [0.3, 0.4) is 0 Å². The maximum atomic E-state index is 13.2. The van der Waals surface area contributed by atoms with Crippen LogP contribution >= 0.6 is 0 Å². The highest BCUT2D eigenvalue weighted by molar-refractivity contribution is 6.07. The summed E-state index contributed by atoms with van der Waals surface area (Å²) in [6, 6.07) is 19.5. The molecule has 29 heavy (non-hydrogen) atoms. The Hall–Kier alpha value is -3.21. The summed E-state index contributed by atoms with van der Waals surface area (Å²) in [5.74, 6) is -1.26. The second kappa shape index (κ2) is 8.43. The molecule has 2 aromatic carbocycles. The third kappa shape index (κ3) is 4.14. The largest absolute Gasteiger partial charge is 0.332 e. The van der Waals surface area contributed by atoms with Crippen LogP contribution in [0.2, 0.25) is 0 Å². The predicted octanol–water partition coefficient (Wildman–Crippen LogP) is 3.17. The normalized spacial score (nSPS) is 20.6. The summed E-state index contributed by atoms with van der Waals surface area (Å²) < 4.78 is 0. The highest BCUT2D eigenvalue weighted by atomic mass is 16.2. The monoisotopic (exact) mass is 388 g/mol. The first-order chi connectivity index (χ1) is 14.1. The third-order valence-electron chi connectivity index (χ3n) is 5.68. The van der Waals surface area contributed by atoms with Gasteiger partial charge >= 0.3 is 0 Å².